The number of benzene rings is 1. The Morgan fingerprint density at radius 2 is 2.15 bits per heavy atom. The number of amides is 1. The lowest BCUT2D eigenvalue weighted by Gasteiger charge is -2.15. The molecule has 1 aromatic rings. The summed E-state index contributed by atoms with van der Waals surface area (Å²) in [5, 5.41) is 0.496. The first-order valence-electron chi connectivity index (χ1n) is 6.71. The van der Waals surface area contributed by atoms with Crippen molar-refractivity contribution in [3.63, 3.8) is 0 Å². The maximum Gasteiger partial charge on any atom is 0.415 e. The van der Waals surface area contributed by atoms with E-state index in [1.54, 1.807) is 23.1 Å². The lowest BCUT2D eigenvalue weighted by atomic mass is 10.3. The minimum absolute atomic E-state index is 0.316. The molecule has 108 valence electrons. The summed E-state index contributed by atoms with van der Waals surface area (Å²) >= 11 is 6.04. The second-order valence-electron chi connectivity index (χ2n) is 4.53. The summed E-state index contributed by atoms with van der Waals surface area (Å²) in [6.45, 7) is 3.87. The fourth-order valence-electron chi connectivity index (χ4n) is 1.96. The molecule has 1 aliphatic rings. The van der Waals surface area contributed by atoms with E-state index in [-0.39, 0.29) is 6.09 Å². The molecule has 20 heavy (non-hydrogen) atoms. The second kappa shape index (κ2) is 7.20. The van der Waals surface area contributed by atoms with E-state index in [1.807, 2.05) is 19.1 Å². The fraction of sp³-hybridized carbons (Fsp3) is 0.400. The molecule has 1 amide bonds. The smallest absolute Gasteiger partial charge is 0.415 e. The van der Waals surface area contributed by atoms with Crippen molar-refractivity contribution in [3.8, 4) is 11.5 Å². The molecule has 1 aromatic carbocycles. The van der Waals surface area contributed by atoms with Crippen molar-refractivity contribution < 1.29 is 14.3 Å². The van der Waals surface area contributed by atoms with Crippen LogP contribution in [0.1, 0.15) is 19.8 Å². The Labute approximate surface area is 123 Å². The lowest BCUT2D eigenvalue weighted by Crippen LogP contribution is -2.30. The average Bonchev–Trinajstić information content (AvgIpc) is 2.96. The van der Waals surface area contributed by atoms with Crippen LogP contribution in [0.15, 0.2) is 30.4 Å². The van der Waals surface area contributed by atoms with Crippen molar-refractivity contribution in [1.29, 1.82) is 0 Å². The van der Waals surface area contributed by atoms with Crippen molar-refractivity contribution in [2.24, 2.45) is 0 Å². The zero-order valence-corrected chi connectivity index (χ0v) is 12.2. The number of hydrogen-bond donors (Lipinski definition) is 0. The molecular weight excluding hydrogens is 278 g/mol. The Balaban J connectivity index is 2.00. The van der Waals surface area contributed by atoms with Gasteiger partial charge in [0.1, 0.15) is 18.1 Å². The van der Waals surface area contributed by atoms with Crippen molar-refractivity contribution in [2.75, 3.05) is 19.7 Å². The van der Waals surface area contributed by atoms with Gasteiger partial charge < -0.3 is 14.4 Å². The molecule has 0 aliphatic carbocycles. The fourth-order valence-corrected chi connectivity index (χ4v) is 2.13. The third-order valence-electron chi connectivity index (χ3n) is 3.04. The molecule has 4 nitrogen and oxygen atoms in total. The second-order valence-corrected chi connectivity index (χ2v) is 4.94. The van der Waals surface area contributed by atoms with E-state index in [1.165, 1.54) is 0 Å². The quantitative estimate of drug-likeness (QED) is 0.791. The molecular formula is C15H18ClNO3. The zero-order valence-electron chi connectivity index (χ0n) is 11.5. The predicted octanol–water partition coefficient (Wildman–Crippen LogP) is 3.89. The lowest BCUT2D eigenvalue weighted by molar-refractivity contribution is 0.162. The number of nitrogens with zero attached hydrogens (tertiary/aromatic N) is 1. The van der Waals surface area contributed by atoms with E-state index >= 15 is 0 Å². The van der Waals surface area contributed by atoms with Crippen molar-refractivity contribution >= 4 is 17.7 Å². The van der Waals surface area contributed by atoms with Gasteiger partial charge >= 0.3 is 6.09 Å². The Hall–Kier alpha value is -1.68. The van der Waals surface area contributed by atoms with E-state index in [9.17, 15) is 4.79 Å². The molecule has 0 saturated carbocycles. The summed E-state index contributed by atoms with van der Waals surface area (Å²) < 4.78 is 10.8. The Morgan fingerprint density at radius 3 is 2.85 bits per heavy atom. The van der Waals surface area contributed by atoms with Crippen molar-refractivity contribution in [1.82, 2.24) is 4.90 Å². The van der Waals surface area contributed by atoms with Crippen LogP contribution in [-0.2, 0) is 0 Å². The molecule has 5 heteroatoms. The number of carbonyl (C=O) groups excluding carboxylic acids is 1. The van der Waals surface area contributed by atoms with Gasteiger partial charge in [-0.15, -0.1) is 0 Å². The van der Waals surface area contributed by atoms with Gasteiger partial charge in [-0.3, -0.25) is 0 Å². The van der Waals surface area contributed by atoms with Gasteiger partial charge in [-0.05, 0) is 31.9 Å². The van der Waals surface area contributed by atoms with Crippen LogP contribution in [0.5, 0.6) is 11.5 Å². The topological polar surface area (TPSA) is 38.8 Å². The highest BCUT2D eigenvalue weighted by Gasteiger charge is 2.20. The summed E-state index contributed by atoms with van der Waals surface area (Å²) in [7, 11) is 0. The number of carbonyl (C=O) groups is 1. The molecule has 1 saturated heterocycles. The van der Waals surface area contributed by atoms with Gasteiger partial charge in [-0.25, -0.2) is 4.79 Å². The van der Waals surface area contributed by atoms with Crippen LogP contribution >= 0.6 is 11.6 Å². The zero-order chi connectivity index (χ0) is 14.4. The largest absolute Gasteiger partial charge is 0.488 e. The summed E-state index contributed by atoms with van der Waals surface area (Å²) in [6, 6.07) is 4.97. The minimum atomic E-state index is -0.316. The molecule has 1 heterocycles. The first kappa shape index (κ1) is 14.7. The number of likely N-dealkylation sites (tertiary alicyclic amines) is 1. The van der Waals surface area contributed by atoms with E-state index in [4.69, 9.17) is 21.1 Å². The van der Waals surface area contributed by atoms with E-state index in [0.29, 0.717) is 23.1 Å². The number of hydrogen-bond acceptors (Lipinski definition) is 3. The molecule has 0 spiro atoms. The monoisotopic (exact) mass is 295 g/mol. The molecule has 0 unspecified atom stereocenters. The maximum absolute atomic E-state index is 11.9. The van der Waals surface area contributed by atoms with Gasteiger partial charge in [0, 0.05) is 19.2 Å². The summed E-state index contributed by atoms with van der Waals surface area (Å²) in [5.74, 6) is 0.957. The summed E-state index contributed by atoms with van der Waals surface area (Å²) in [5.41, 5.74) is 0. The van der Waals surface area contributed by atoms with Gasteiger partial charge in [0.25, 0.3) is 0 Å². The van der Waals surface area contributed by atoms with Gasteiger partial charge in [-0.2, -0.15) is 0 Å². The highest BCUT2D eigenvalue weighted by Crippen LogP contribution is 2.29. The Morgan fingerprint density at radius 1 is 1.40 bits per heavy atom. The normalized spacial score (nSPS) is 14.8. The third kappa shape index (κ3) is 3.90. The van der Waals surface area contributed by atoms with E-state index in [2.05, 4.69) is 0 Å². The molecule has 1 aliphatic heterocycles. The third-order valence-corrected chi connectivity index (χ3v) is 3.36. The minimum Gasteiger partial charge on any atom is -0.488 e. The molecule has 0 bridgehead atoms. The SMILES string of the molecule is CC=CCOc1cc(OC(=O)N2CCCC2)ccc1Cl. The molecule has 0 atom stereocenters. The van der Waals surface area contributed by atoms with Gasteiger partial charge in [0.2, 0.25) is 0 Å². The van der Waals surface area contributed by atoms with Crippen LogP contribution in [0, 0.1) is 0 Å². The van der Waals surface area contributed by atoms with Crippen LogP contribution < -0.4 is 9.47 Å². The number of ether oxygens (including phenoxy) is 2. The number of halogens is 1. The molecule has 0 radical (unpaired) electrons. The van der Waals surface area contributed by atoms with Gasteiger partial charge in [0.05, 0.1) is 5.02 Å². The summed E-state index contributed by atoms with van der Waals surface area (Å²) in [6.07, 6.45) is 5.52. The average molecular weight is 296 g/mol. The molecule has 0 N–H and O–H groups in total. The first-order valence-corrected chi connectivity index (χ1v) is 7.09. The number of allylic oxidation sites excluding steroid dienone is 1. The van der Waals surface area contributed by atoms with Crippen molar-refractivity contribution in [3.05, 3.63) is 35.4 Å². The van der Waals surface area contributed by atoms with Crippen LogP contribution in [0.3, 0.4) is 0 Å². The van der Waals surface area contributed by atoms with Crippen LogP contribution in [0.25, 0.3) is 0 Å². The van der Waals surface area contributed by atoms with Crippen LogP contribution in [0.4, 0.5) is 4.79 Å². The molecule has 0 aromatic heterocycles. The van der Waals surface area contributed by atoms with Crippen LogP contribution in [0.2, 0.25) is 5.02 Å². The Kier molecular flexibility index (Phi) is 5.30. The Bertz CT molecular complexity index is 496. The highest BCUT2D eigenvalue weighted by atomic mass is 35.5. The summed E-state index contributed by atoms with van der Waals surface area (Å²) in [4.78, 5) is 13.6. The van der Waals surface area contributed by atoms with Gasteiger partial charge in [-0.1, -0.05) is 23.8 Å². The standard InChI is InChI=1S/C15H18ClNO3/c1-2-3-10-19-14-11-12(6-7-13(14)16)20-15(18)17-8-4-5-9-17/h2-3,6-7,11H,4-5,8-10H2,1H3. The van der Waals surface area contributed by atoms with E-state index in [0.717, 1.165) is 25.9 Å². The predicted molar refractivity (Wildman–Crippen MR) is 78.6 cm³/mol. The highest BCUT2D eigenvalue weighted by molar-refractivity contribution is 6.32. The van der Waals surface area contributed by atoms with E-state index < -0.39 is 0 Å². The molecule has 1 fully saturated rings. The molecule has 2 rings (SSSR count). The van der Waals surface area contributed by atoms with Gasteiger partial charge in [0.15, 0.2) is 0 Å². The number of rotatable bonds is 4. The van der Waals surface area contributed by atoms with Crippen LogP contribution in [-0.4, -0.2) is 30.7 Å². The maximum atomic E-state index is 11.9. The first-order chi connectivity index (χ1) is 9.70. The van der Waals surface area contributed by atoms with Crippen molar-refractivity contribution in [2.45, 2.75) is 19.8 Å².